The molecule has 2 nitrogen and oxygen atoms in total. The number of hydrogen-bond acceptors (Lipinski definition) is 3. The molecule has 0 amide bonds. The highest BCUT2D eigenvalue weighted by atomic mass is 35.5. The first-order valence-electron chi connectivity index (χ1n) is 5.29. The van der Waals surface area contributed by atoms with Crippen molar-refractivity contribution < 1.29 is 5.11 Å². The molecule has 0 aliphatic carbocycles. The van der Waals surface area contributed by atoms with Crippen LogP contribution in [0.3, 0.4) is 0 Å². The lowest BCUT2D eigenvalue weighted by Gasteiger charge is -2.07. The molecule has 94 valence electrons. The van der Waals surface area contributed by atoms with Gasteiger partial charge in [0, 0.05) is 16.1 Å². The molecule has 1 aromatic heterocycles. The third-order valence-electron chi connectivity index (χ3n) is 2.37. The van der Waals surface area contributed by atoms with Gasteiger partial charge in [0.1, 0.15) is 5.03 Å². The molecule has 2 rings (SSSR count). The molecule has 0 radical (unpaired) electrons. The molecule has 0 aliphatic heterocycles. The summed E-state index contributed by atoms with van der Waals surface area (Å²) in [6.45, 7) is 1.95. The summed E-state index contributed by atoms with van der Waals surface area (Å²) in [7, 11) is 0. The first-order valence-corrected chi connectivity index (χ1v) is 6.86. The summed E-state index contributed by atoms with van der Waals surface area (Å²) in [5.41, 5.74) is 1.80. The normalized spacial score (nSPS) is 10.7. The van der Waals surface area contributed by atoms with Gasteiger partial charge in [0.15, 0.2) is 0 Å². The number of aromatic nitrogens is 1. The van der Waals surface area contributed by atoms with E-state index >= 15 is 0 Å². The third-order valence-corrected chi connectivity index (χ3v) is 4.22. The van der Waals surface area contributed by atoms with Crippen LogP contribution in [0.4, 0.5) is 0 Å². The molecule has 0 bridgehead atoms. The molecular formula is C13H11Cl2NOS. The summed E-state index contributed by atoms with van der Waals surface area (Å²) >= 11 is 13.5. The van der Waals surface area contributed by atoms with E-state index in [0.29, 0.717) is 10.0 Å². The van der Waals surface area contributed by atoms with Crippen molar-refractivity contribution in [1.29, 1.82) is 0 Å². The van der Waals surface area contributed by atoms with Gasteiger partial charge in [0.05, 0.1) is 11.6 Å². The minimum Gasteiger partial charge on any atom is -0.392 e. The van der Waals surface area contributed by atoms with E-state index in [-0.39, 0.29) is 6.61 Å². The van der Waals surface area contributed by atoms with Gasteiger partial charge >= 0.3 is 0 Å². The summed E-state index contributed by atoms with van der Waals surface area (Å²) < 4.78 is 0. The molecule has 18 heavy (non-hydrogen) atoms. The van der Waals surface area contributed by atoms with Gasteiger partial charge in [-0.1, -0.05) is 35.0 Å². The van der Waals surface area contributed by atoms with Crippen LogP contribution < -0.4 is 0 Å². The maximum atomic E-state index is 9.04. The van der Waals surface area contributed by atoms with E-state index in [1.807, 2.05) is 19.1 Å². The molecule has 0 saturated carbocycles. The Kier molecular flexibility index (Phi) is 4.51. The van der Waals surface area contributed by atoms with Gasteiger partial charge in [-0.3, -0.25) is 0 Å². The largest absolute Gasteiger partial charge is 0.392 e. The minimum atomic E-state index is -0.00327. The molecule has 1 heterocycles. The lowest BCUT2D eigenvalue weighted by molar-refractivity contribution is 0.281. The fraction of sp³-hybridized carbons (Fsp3) is 0.154. The lowest BCUT2D eigenvalue weighted by Crippen LogP contribution is -1.91. The van der Waals surface area contributed by atoms with Crippen molar-refractivity contribution in [3.05, 3.63) is 51.6 Å². The Balaban J connectivity index is 2.31. The first-order chi connectivity index (χ1) is 8.60. The molecule has 0 spiro atoms. The summed E-state index contributed by atoms with van der Waals surface area (Å²) in [5.74, 6) is 0. The van der Waals surface area contributed by atoms with Crippen molar-refractivity contribution in [3.63, 3.8) is 0 Å². The zero-order chi connectivity index (χ0) is 13.1. The summed E-state index contributed by atoms with van der Waals surface area (Å²) in [4.78, 5) is 5.19. The maximum absolute atomic E-state index is 9.04. The number of pyridine rings is 1. The van der Waals surface area contributed by atoms with Gasteiger partial charge in [-0.2, -0.15) is 0 Å². The van der Waals surface area contributed by atoms with Crippen LogP contribution in [0.5, 0.6) is 0 Å². The Hall–Kier alpha value is -0.740. The van der Waals surface area contributed by atoms with E-state index < -0.39 is 0 Å². The van der Waals surface area contributed by atoms with E-state index in [9.17, 15) is 0 Å². The van der Waals surface area contributed by atoms with Crippen molar-refractivity contribution in [2.24, 2.45) is 0 Å². The number of aliphatic hydroxyl groups is 1. The molecule has 0 aliphatic rings. The van der Waals surface area contributed by atoms with Crippen LogP contribution >= 0.6 is 35.0 Å². The van der Waals surface area contributed by atoms with E-state index in [0.717, 1.165) is 21.0 Å². The summed E-state index contributed by atoms with van der Waals surface area (Å²) in [6, 6.07) is 7.25. The Labute approximate surface area is 120 Å². The molecule has 0 atom stereocenters. The quantitative estimate of drug-likeness (QED) is 0.915. The Bertz CT molecular complexity index is 575. The topological polar surface area (TPSA) is 33.1 Å². The number of aryl methyl sites for hydroxylation is 1. The van der Waals surface area contributed by atoms with Crippen LogP contribution in [0, 0.1) is 6.92 Å². The molecule has 0 unspecified atom stereocenters. The fourth-order valence-electron chi connectivity index (χ4n) is 1.47. The number of benzene rings is 1. The summed E-state index contributed by atoms with van der Waals surface area (Å²) in [5, 5.41) is 11.2. The number of rotatable bonds is 3. The first kappa shape index (κ1) is 13.7. The highest BCUT2D eigenvalue weighted by molar-refractivity contribution is 7.99. The smallest absolute Gasteiger partial charge is 0.104 e. The van der Waals surface area contributed by atoms with Gasteiger partial charge in [0.25, 0.3) is 0 Å². The van der Waals surface area contributed by atoms with Crippen molar-refractivity contribution >= 4 is 35.0 Å². The predicted octanol–water partition coefficient (Wildman–Crippen LogP) is 4.34. The molecule has 1 aromatic carbocycles. The molecule has 1 N–H and O–H groups in total. The molecule has 0 fully saturated rings. The number of halogens is 2. The highest BCUT2D eigenvalue weighted by Gasteiger charge is 2.08. The van der Waals surface area contributed by atoms with Gasteiger partial charge < -0.3 is 5.11 Å². The number of hydrogen-bond donors (Lipinski definition) is 1. The van der Waals surface area contributed by atoms with Crippen LogP contribution in [-0.4, -0.2) is 10.1 Å². The molecule has 5 heteroatoms. The average molecular weight is 300 g/mol. The Morgan fingerprint density at radius 2 is 2.06 bits per heavy atom. The Morgan fingerprint density at radius 3 is 2.72 bits per heavy atom. The monoisotopic (exact) mass is 299 g/mol. The zero-order valence-electron chi connectivity index (χ0n) is 9.65. The van der Waals surface area contributed by atoms with Crippen molar-refractivity contribution in [2.45, 2.75) is 23.5 Å². The van der Waals surface area contributed by atoms with Gasteiger partial charge in [-0.15, -0.1) is 0 Å². The van der Waals surface area contributed by atoms with E-state index in [2.05, 4.69) is 4.98 Å². The Morgan fingerprint density at radius 1 is 1.28 bits per heavy atom. The summed E-state index contributed by atoms with van der Waals surface area (Å²) in [6.07, 6.45) is 1.66. The second kappa shape index (κ2) is 5.93. The minimum absolute atomic E-state index is 0.00327. The van der Waals surface area contributed by atoms with Crippen molar-refractivity contribution in [1.82, 2.24) is 4.98 Å². The van der Waals surface area contributed by atoms with E-state index in [1.54, 1.807) is 18.3 Å². The van der Waals surface area contributed by atoms with Crippen LogP contribution in [0.25, 0.3) is 0 Å². The van der Waals surface area contributed by atoms with Crippen LogP contribution in [0.2, 0.25) is 10.0 Å². The fourth-order valence-corrected chi connectivity index (χ4v) is 2.83. The number of aliphatic hydroxyl groups excluding tert-OH is 1. The molecule has 0 saturated heterocycles. The van der Waals surface area contributed by atoms with Crippen LogP contribution in [-0.2, 0) is 6.61 Å². The second-order valence-corrected chi connectivity index (χ2v) is 5.67. The van der Waals surface area contributed by atoms with Gasteiger partial charge in [-0.25, -0.2) is 4.98 Å². The van der Waals surface area contributed by atoms with Crippen LogP contribution in [0.15, 0.2) is 40.4 Å². The lowest BCUT2D eigenvalue weighted by atomic mass is 10.2. The zero-order valence-corrected chi connectivity index (χ0v) is 12.0. The van der Waals surface area contributed by atoms with Crippen molar-refractivity contribution in [3.8, 4) is 0 Å². The van der Waals surface area contributed by atoms with Crippen molar-refractivity contribution in [2.75, 3.05) is 0 Å². The van der Waals surface area contributed by atoms with E-state index in [4.69, 9.17) is 28.3 Å². The van der Waals surface area contributed by atoms with Gasteiger partial charge in [0.2, 0.25) is 0 Å². The number of nitrogens with zero attached hydrogens (tertiary/aromatic N) is 1. The third kappa shape index (κ3) is 3.18. The molecular weight excluding hydrogens is 289 g/mol. The predicted molar refractivity (Wildman–Crippen MR) is 75.5 cm³/mol. The van der Waals surface area contributed by atoms with Gasteiger partial charge in [-0.05, 0) is 42.3 Å². The van der Waals surface area contributed by atoms with E-state index in [1.165, 1.54) is 11.8 Å². The average Bonchev–Trinajstić information content (AvgIpc) is 2.36. The molecule has 2 aromatic rings. The highest BCUT2D eigenvalue weighted by Crippen LogP contribution is 2.35. The maximum Gasteiger partial charge on any atom is 0.104 e. The second-order valence-electron chi connectivity index (χ2n) is 3.80. The standard InChI is InChI=1S/C13H11Cl2NOS/c1-8-4-9(7-17)6-16-13(8)18-12-5-10(14)2-3-11(12)15/h2-6,17H,7H2,1H3. The van der Waals surface area contributed by atoms with Crippen LogP contribution in [0.1, 0.15) is 11.1 Å². The SMILES string of the molecule is Cc1cc(CO)cnc1Sc1cc(Cl)ccc1Cl.